The molecular formula is C67H44N2. The predicted molar refractivity (Wildman–Crippen MR) is 288 cm³/mol. The van der Waals surface area contributed by atoms with E-state index < -0.39 is 5.41 Å². The summed E-state index contributed by atoms with van der Waals surface area (Å²) >= 11 is 0. The summed E-state index contributed by atoms with van der Waals surface area (Å²) in [5.41, 5.74) is 24.3. The molecule has 0 unspecified atom stereocenters. The molecule has 0 amide bonds. The molecule has 0 radical (unpaired) electrons. The van der Waals surface area contributed by atoms with Gasteiger partial charge in [0.25, 0.3) is 0 Å². The van der Waals surface area contributed by atoms with Crippen LogP contribution in [-0.4, -0.2) is 4.57 Å². The molecule has 322 valence electrons. The average Bonchev–Trinajstić information content (AvgIpc) is 4.03. The van der Waals surface area contributed by atoms with Crippen molar-refractivity contribution < 1.29 is 0 Å². The second-order valence-corrected chi connectivity index (χ2v) is 18.4. The smallest absolute Gasteiger partial charge is 0.0726 e. The lowest BCUT2D eigenvalue weighted by atomic mass is 9.70. The molecule has 0 saturated heterocycles. The van der Waals surface area contributed by atoms with E-state index in [0.717, 1.165) is 22.7 Å². The van der Waals surface area contributed by atoms with Crippen LogP contribution in [0.2, 0.25) is 0 Å². The highest BCUT2D eigenvalue weighted by atomic mass is 15.1. The van der Waals surface area contributed by atoms with Gasteiger partial charge in [0.05, 0.1) is 16.4 Å². The molecule has 1 heterocycles. The Labute approximate surface area is 402 Å². The summed E-state index contributed by atoms with van der Waals surface area (Å²) in [6.45, 7) is 0. The Hall–Kier alpha value is -8.98. The summed E-state index contributed by atoms with van der Waals surface area (Å²) in [7, 11) is 0. The third-order valence-corrected chi connectivity index (χ3v) is 14.8. The number of anilines is 3. The van der Waals surface area contributed by atoms with Crippen molar-refractivity contribution in [3.63, 3.8) is 0 Å². The van der Waals surface area contributed by atoms with E-state index in [1.165, 1.54) is 99.7 Å². The molecule has 0 atom stereocenters. The van der Waals surface area contributed by atoms with Gasteiger partial charge in [0, 0.05) is 33.5 Å². The molecule has 2 aliphatic carbocycles. The van der Waals surface area contributed by atoms with Crippen LogP contribution in [0, 0.1) is 0 Å². The van der Waals surface area contributed by atoms with Gasteiger partial charge in [-0.3, -0.25) is 0 Å². The monoisotopic (exact) mass is 876 g/mol. The van der Waals surface area contributed by atoms with E-state index in [9.17, 15) is 0 Å². The van der Waals surface area contributed by atoms with E-state index in [0.29, 0.717) is 0 Å². The molecule has 1 spiro atoms. The highest BCUT2D eigenvalue weighted by Crippen LogP contribution is 2.63. The predicted octanol–water partition coefficient (Wildman–Crippen LogP) is 17.6. The second kappa shape index (κ2) is 15.6. The van der Waals surface area contributed by atoms with Gasteiger partial charge in [-0.05, 0) is 145 Å². The lowest BCUT2D eigenvalue weighted by Crippen LogP contribution is -2.26. The maximum atomic E-state index is 2.46. The zero-order valence-corrected chi connectivity index (χ0v) is 37.8. The fourth-order valence-corrected chi connectivity index (χ4v) is 11.8. The van der Waals surface area contributed by atoms with E-state index in [1.807, 2.05) is 0 Å². The molecule has 2 nitrogen and oxygen atoms in total. The van der Waals surface area contributed by atoms with Crippen molar-refractivity contribution in [2.24, 2.45) is 0 Å². The van der Waals surface area contributed by atoms with Crippen molar-refractivity contribution in [1.29, 1.82) is 0 Å². The first-order valence-corrected chi connectivity index (χ1v) is 23.9. The molecule has 14 rings (SSSR count). The molecule has 1 aromatic heterocycles. The molecule has 2 aliphatic rings. The van der Waals surface area contributed by atoms with Crippen LogP contribution in [0.1, 0.15) is 22.3 Å². The van der Waals surface area contributed by atoms with Gasteiger partial charge >= 0.3 is 0 Å². The van der Waals surface area contributed by atoms with E-state index >= 15 is 0 Å². The first kappa shape index (κ1) is 39.2. The number of nitrogens with zero attached hydrogens (tertiary/aromatic N) is 2. The van der Waals surface area contributed by atoms with Crippen molar-refractivity contribution in [3.05, 3.63) is 289 Å². The Morgan fingerprint density at radius 3 is 1.30 bits per heavy atom. The molecule has 0 aliphatic heterocycles. The maximum Gasteiger partial charge on any atom is 0.0726 e. The summed E-state index contributed by atoms with van der Waals surface area (Å²) in [6.07, 6.45) is 0. The summed E-state index contributed by atoms with van der Waals surface area (Å²) in [4.78, 5) is 2.41. The van der Waals surface area contributed by atoms with Gasteiger partial charge in [-0.2, -0.15) is 0 Å². The molecule has 0 fully saturated rings. The van der Waals surface area contributed by atoms with Gasteiger partial charge in [0.15, 0.2) is 0 Å². The molecular weight excluding hydrogens is 833 g/mol. The van der Waals surface area contributed by atoms with Crippen LogP contribution in [0.25, 0.3) is 83.1 Å². The van der Waals surface area contributed by atoms with Gasteiger partial charge in [0.2, 0.25) is 0 Å². The number of hydrogen-bond acceptors (Lipinski definition) is 1. The summed E-state index contributed by atoms with van der Waals surface area (Å²) in [5.74, 6) is 0. The minimum atomic E-state index is -0.409. The quantitative estimate of drug-likeness (QED) is 0.155. The first-order valence-electron chi connectivity index (χ1n) is 23.9. The lowest BCUT2D eigenvalue weighted by Gasteiger charge is -2.32. The van der Waals surface area contributed by atoms with Crippen LogP contribution in [0.15, 0.2) is 267 Å². The Morgan fingerprint density at radius 2 is 0.681 bits per heavy atom. The van der Waals surface area contributed by atoms with Gasteiger partial charge in [-0.25, -0.2) is 0 Å². The molecule has 0 saturated carbocycles. The fourth-order valence-electron chi connectivity index (χ4n) is 11.8. The third kappa shape index (κ3) is 5.99. The average molecular weight is 877 g/mol. The highest BCUT2D eigenvalue weighted by Gasteiger charge is 2.51. The zero-order valence-electron chi connectivity index (χ0n) is 37.8. The number of benzene rings is 11. The largest absolute Gasteiger partial charge is 0.310 e. The molecule has 11 aromatic carbocycles. The normalized spacial score (nSPS) is 12.8. The molecule has 2 heteroatoms. The molecule has 12 aromatic rings. The standard InChI is InChI=1S/C67H44N2/c1-3-15-45(16-4-1)47-33-38-53(39-34-47)69-65-26-14-10-22-59(65)60-43-50(35-42-66(60)69)49-29-27-46(28-30-49)48-31-36-52(37-32-48)68(51-17-5-2-6-18-51)54-40-41-58-57-21-9-13-25-63(57)67(64(58)44-54)61-23-11-7-19-55(61)56-20-8-12-24-62(56)67/h1-44H. The van der Waals surface area contributed by atoms with Crippen LogP contribution in [0.3, 0.4) is 0 Å². The van der Waals surface area contributed by atoms with Gasteiger partial charge in [-0.15, -0.1) is 0 Å². The Morgan fingerprint density at radius 1 is 0.261 bits per heavy atom. The number of para-hydroxylation sites is 2. The summed E-state index contributed by atoms with van der Waals surface area (Å²) < 4.78 is 2.39. The number of rotatable bonds is 7. The number of hydrogen-bond donors (Lipinski definition) is 0. The van der Waals surface area contributed by atoms with Crippen LogP contribution in [0.4, 0.5) is 17.1 Å². The Kier molecular flexibility index (Phi) is 8.84. The molecule has 0 bridgehead atoms. The van der Waals surface area contributed by atoms with Crippen molar-refractivity contribution >= 4 is 38.9 Å². The van der Waals surface area contributed by atoms with Crippen LogP contribution in [0.5, 0.6) is 0 Å². The SMILES string of the molecule is c1ccc(-c2ccc(-n3c4ccccc4c4cc(-c5ccc(-c6ccc(N(c7ccccc7)c7ccc8c(c7)C7(c9ccccc9-c9ccccc97)c7ccccc7-8)cc6)cc5)ccc43)cc2)cc1. The minimum absolute atomic E-state index is 0.409. The topological polar surface area (TPSA) is 8.17 Å². The van der Waals surface area contributed by atoms with Crippen LogP contribution < -0.4 is 4.90 Å². The van der Waals surface area contributed by atoms with Crippen molar-refractivity contribution in [2.75, 3.05) is 4.90 Å². The highest BCUT2D eigenvalue weighted by molar-refractivity contribution is 6.10. The van der Waals surface area contributed by atoms with Crippen molar-refractivity contribution in [1.82, 2.24) is 4.57 Å². The molecule has 69 heavy (non-hydrogen) atoms. The van der Waals surface area contributed by atoms with Crippen LogP contribution >= 0.6 is 0 Å². The van der Waals surface area contributed by atoms with Crippen molar-refractivity contribution in [2.45, 2.75) is 5.41 Å². The number of fused-ring (bicyclic) bond motifs is 13. The van der Waals surface area contributed by atoms with E-state index in [2.05, 4.69) is 276 Å². The summed E-state index contributed by atoms with van der Waals surface area (Å²) in [5, 5.41) is 2.50. The molecule has 0 N–H and O–H groups in total. The Bertz CT molecular complexity index is 3860. The number of aromatic nitrogens is 1. The zero-order chi connectivity index (χ0) is 45.5. The van der Waals surface area contributed by atoms with Crippen LogP contribution in [-0.2, 0) is 5.41 Å². The van der Waals surface area contributed by atoms with Gasteiger partial charge in [0.1, 0.15) is 0 Å². The fraction of sp³-hybridized carbons (Fsp3) is 0.0149. The first-order chi connectivity index (χ1) is 34.2. The minimum Gasteiger partial charge on any atom is -0.310 e. The summed E-state index contributed by atoms with van der Waals surface area (Å²) in [6, 6.07) is 98.3. The second-order valence-electron chi connectivity index (χ2n) is 18.4. The lowest BCUT2D eigenvalue weighted by molar-refractivity contribution is 0.793. The van der Waals surface area contributed by atoms with E-state index in [1.54, 1.807) is 0 Å². The third-order valence-electron chi connectivity index (χ3n) is 14.8. The van der Waals surface area contributed by atoms with Gasteiger partial charge in [-0.1, -0.05) is 200 Å². The van der Waals surface area contributed by atoms with E-state index in [4.69, 9.17) is 0 Å². The maximum absolute atomic E-state index is 2.46. The Balaban J connectivity index is 0.804. The van der Waals surface area contributed by atoms with Gasteiger partial charge < -0.3 is 9.47 Å². The van der Waals surface area contributed by atoms with E-state index in [-0.39, 0.29) is 0 Å². The van der Waals surface area contributed by atoms with Crippen molar-refractivity contribution in [3.8, 4) is 61.3 Å².